The fourth-order valence-corrected chi connectivity index (χ4v) is 3.65. The van der Waals surface area contributed by atoms with Crippen molar-refractivity contribution < 1.29 is 17.9 Å². The van der Waals surface area contributed by atoms with Gasteiger partial charge in [0.2, 0.25) is 0 Å². The number of rotatable bonds is 7. The Labute approximate surface area is 148 Å². The van der Waals surface area contributed by atoms with E-state index < -0.39 is 10.0 Å². The Morgan fingerprint density at radius 3 is 2.36 bits per heavy atom. The van der Waals surface area contributed by atoms with Gasteiger partial charge in [0.25, 0.3) is 15.9 Å². The van der Waals surface area contributed by atoms with Crippen molar-refractivity contribution in [3.05, 3.63) is 60.2 Å². The molecule has 0 heterocycles. The van der Waals surface area contributed by atoms with Crippen LogP contribution >= 0.6 is 0 Å². The number of para-hydroxylation sites is 1. The molecule has 25 heavy (non-hydrogen) atoms. The van der Waals surface area contributed by atoms with Crippen LogP contribution in [0.3, 0.4) is 0 Å². The first-order valence-electron chi connectivity index (χ1n) is 7.80. The minimum atomic E-state index is -3.76. The van der Waals surface area contributed by atoms with E-state index in [1.807, 2.05) is 6.92 Å². The van der Waals surface area contributed by atoms with Crippen LogP contribution in [0, 0.1) is 0 Å². The van der Waals surface area contributed by atoms with Crippen molar-refractivity contribution in [1.29, 1.82) is 0 Å². The van der Waals surface area contributed by atoms with Crippen molar-refractivity contribution in [2.45, 2.75) is 17.9 Å². The number of nitrogens with zero attached hydrogens (tertiary/aromatic N) is 1. The Kier molecular flexibility index (Phi) is 6.17. The maximum Gasteiger partial charge on any atom is 0.264 e. The Bertz CT molecular complexity index is 822. The normalized spacial score (nSPS) is 12.4. The molecule has 1 atom stereocenters. The van der Waals surface area contributed by atoms with E-state index in [2.05, 4.69) is 5.32 Å². The molecule has 0 aromatic heterocycles. The fraction of sp³-hybridized carbons (Fsp3) is 0.278. The Hall–Kier alpha value is -2.38. The Morgan fingerprint density at radius 2 is 1.72 bits per heavy atom. The molecule has 1 N–H and O–H groups in total. The molecule has 0 unspecified atom stereocenters. The highest BCUT2D eigenvalue weighted by atomic mass is 32.2. The summed E-state index contributed by atoms with van der Waals surface area (Å²) in [6.07, 6.45) is 0. The van der Waals surface area contributed by atoms with E-state index in [0.717, 1.165) is 4.31 Å². The van der Waals surface area contributed by atoms with Crippen LogP contribution in [0.4, 0.5) is 5.69 Å². The number of carbonyl (C=O) groups is 1. The van der Waals surface area contributed by atoms with Crippen LogP contribution in [-0.2, 0) is 14.8 Å². The highest BCUT2D eigenvalue weighted by molar-refractivity contribution is 7.92. The second-order valence-electron chi connectivity index (χ2n) is 5.63. The summed E-state index contributed by atoms with van der Waals surface area (Å²) in [6, 6.07) is 14.5. The van der Waals surface area contributed by atoms with Crippen LogP contribution in [0.1, 0.15) is 17.3 Å². The van der Waals surface area contributed by atoms with Crippen LogP contribution in [0.15, 0.2) is 59.5 Å². The number of anilines is 1. The van der Waals surface area contributed by atoms with Gasteiger partial charge in [-0.05, 0) is 31.2 Å². The maximum atomic E-state index is 12.8. The molecule has 0 bridgehead atoms. The van der Waals surface area contributed by atoms with E-state index in [9.17, 15) is 13.2 Å². The molecular weight excluding hydrogens is 340 g/mol. The first kappa shape index (κ1) is 19.0. The molecular formula is C18H22N2O4S. The molecule has 0 saturated carbocycles. The first-order valence-corrected chi connectivity index (χ1v) is 9.24. The highest BCUT2D eigenvalue weighted by Crippen LogP contribution is 2.25. The predicted molar refractivity (Wildman–Crippen MR) is 97.3 cm³/mol. The molecule has 0 aliphatic rings. The second kappa shape index (κ2) is 8.13. The summed E-state index contributed by atoms with van der Waals surface area (Å²) in [7, 11) is -0.768. The van der Waals surface area contributed by atoms with E-state index in [1.54, 1.807) is 49.6 Å². The van der Waals surface area contributed by atoms with Gasteiger partial charge in [0.1, 0.15) is 0 Å². The van der Waals surface area contributed by atoms with E-state index in [4.69, 9.17) is 4.74 Å². The molecule has 2 rings (SSSR count). The lowest BCUT2D eigenvalue weighted by Crippen LogP contribution is -2.37. The number of nitrogens with one attached hydrogen (secondary N) is 1. The average molecular weight is 362 g/mol. The van der Waals surface area contributed by atoms with Crippen LogP contribution in [0.25, 0.3) is 0 Å². The van der Waals surface area contributed by atoms with Gasteiger partial charge in [-0.25, -0.2) is 8.42 Å². The van der Waals surface area contributed by atoms with Crippen LogP contribution in [-0.4, -0.2) is 41.1 Å². The zero-order valence-corrected chi connectivity index (χ0v) is 15.3. The smallest absolute Gasteiger partial charge is 0.264 e. The molecule has 0 aliphatic carbocycles. The third-order valence-corrected chi connectivity index (χ3v) is 5.47. The number of hydrogen-bond acceptors (Lipinski definition) is 4. The summed E-state index contributed by atoms with van der Waals surface area (Å²) in [5, 5.41) is 2.80. The molecule has 2 aromatic carbocycles. The number of sulfonamides is 1. The standard InChI is InChI=1S/C18H22N2O4S/c1-14(13-24-3)19-18(21)16-11-7-8-12-17(16)20(2)25(22,23)15-9-5-4-6-10-15/h4-12,14H,13H2,1-3H3,(H,19,21)/t14-/m0/s1. The first-order chi connectivity index (χ1) is 11.9. The van der Waals surface area contributed by atoms with Gasteiger partial charge in [0, 0.05) is 20.2 Å². The van der Waals surface area contributed by atoms with Gasteiger partial charge in [-0.15, -0.1) is 0 Å². The molecule has 0 spiro atoms. The van der Waals surface area contributed by atoms with Gasteiger partial charge < -0.3 is 10.1 Å². The van der Waals surface area contributed by atoms with E-state index in [-0.39, 0.29) is 22.4 Å². The SMILES string of the molecule is COC[C@H](C)NC(=O)c1ccccc1N(C)S(=O)(=O)c1ccccc1. The molecule has 0 aliphatic heterocycles. The third-order valence-electron chi connectivity index (χ3n) is 3.68. The highest BCUT2D eigenvalue weighted by Gasteiger charge is 2.25. The monoisotopic (exact) mass is 362 g/mol. The Balaban J connectivity index is 2.35. The second-order valence-corrected chi connectivity index (χ2v) is 7.60. The zero-order chi connectivity index (χ0) is 18.4. The van der Waals surface area contributed by atoms with Crippen molar-refractivity contribution in [3.63, 3.8) is 0 Å². The fourth-order valence-electron chi connectivity index (χ4n) is 2.41. The lowest BCUT2D eigenvalue weighted by Gasteiger charge is -2.22. The van der Waals surface area contributed by atoms with Crippen molar-refractivity contribution in [3.8, 4) is 0 Å². The lowest BCUT2D eigenvalue weighted by molar-refractivity contribution is 0.0906. The summed E-state index contributed by atoms with van der Waals surface area (Å²) in [5.74, 6) is -0.352. The van der Waals surface area contributed by atoms with E-state index >= 15 is 0 Å². The summed E-state index contributed by atoms with van der Waals surface area (Å²) in [5.41, 5.74) is 0.598. The largest absolute Gasteiger partial charge is 0.383 e. The van der Waals surface area contributed by atoms with Crippen molar-refractivity contribution in [1.82, 2.24) is 5.32 Å². The quantitative estimate of drug-likeness (QED) is 0.820. The molecule has 0 saturated heterocycles. The Morgan fingerprint density at radius 1 is 1.12 bits per heavy atom. The number of ether oxygens (including phenoxy) is 1. The molecule has 0 fully saturated rings. The molecule has 2 aromatic rings. The number of amides is 1. The van der Waals surface area contributed by atoms with Gasteiger partial charge in [-0.1, -0.05) is 30.3 Å². The molecule has 6 nitrogen and oxygen atoms in total. The number of hydrogen-bond donors (Lipinski definition) is 1. The van der Waals surface area contributed by atoms with Crippen LogP contribution in [0.5, 0.6) is 0 Å². The molecule has 134 valence electrons. The van der Waals surface area contributed by atoms with Gasteiger partial charge in [-0.2, -0.15) is 0 Å². The van der Waals surface area contributed by atoms with Gasteiger partial charge in [0.15, 0.2) is 0 Å². The van der Waals surface area contributed by atoms with Gasteiger partial charge >= 0.3 is 0 Å². The lowest BCUT2D eigenvalue weighted by atomic mass is 10.1. The summed E-state index contributed by atoms with van der Waals surface area (Å²) < 4.78 is 31.7. The summed E-state index contributed by atoms with van der Waals surface area (Å²) in [6.45, 7) is 2.18. The molecule has 1 amide bonds. The average Bonchev–Trinajstić information content (AvgIpc) is 2.62. The summed E-state index contributed by atoms with van der Waals surface area (Å²) >= 11 is 0. The number of carbonyl (C=O) groups excluding carboxylic acids is 1. The summed E-state index contributed by atoms with van der Waals surface area (Å²) in [4.78, 5) is 12.7. The topological polar surface area (TPSA) is 75.7 Å². The van der Waals surface area contributed by atoms with Gasteiger partial charge in [0.05, 0.1) is 22.8 Å². The third kappa shape index (κ3) is 4.37. The molecule has 0 radical (unpaired) electrons. The van der Waals surface area contributed by atoms with Crippen LogP contribution < -0.4 is 9.62 Å². The molecule has 7 heteroatoms. The van der Waals surface area contributed by atoms with Crippen molar-refractivity contribution >= 4 is 21.6 Å². The minimum absolute atomic E-state index is 0.167. The minimum Gasteiger partial charge on any atom is -0.383 e. The van der Waals surface area contributed by atoms with Gasteiger partial charge in [-0.3, -0.25) is 9.10 Å². The van der Waals surface area contributed by atoms with E-state index in [1.165, 1.54) is 19.2 Å². The predicted octanol–water partition coefficient (Wildman–Crippen LogP) is 2.28. The zero-order valence-electron chi connectivity index (χ0n) is 14.5. The maximum absolute atomic E-state index is 12.8. The van der Waals surface area contributed by atoms with E-state index in [0.29, 0.717) is 12.3 Å². The number of methoxy groups -OCH3 is 1. The van der Waals surface area contributed by atoms with Crippen molar-refractivity contribution in [2.24, 2.45) is 0 Å². The van der Waals surface area contributed by atoms with Crippen LogP contribution in [0.2, 0.25) is 0 Å². The van der Waals surface area contributed by atoms with Crippen molar-refractivity contribution in [2.75, 3.05) is 25.1 Å². The number of benzene rings is 2.